The first-order valence-corrected chi connectivity index (χ1v) is 23.5. The van der Waals surface area contributed by atoms with E-state index in [-0.39, 0.29) is 22.9 Å². The van der Waals surface area contributed by atoms with E-state index in [2.05, 4.69) is 59.1 Å². The third-order valence-electron chi connectivity index (χ3n) is 14.0. The number of nitrogens with zero attached hydrogens (tertiary/aromatic N) is 5. The van der Waals surface area contributed by atoms with Gasteiger partial charge in [-0.15, -0.1) is 0 Å². The number of H-pyrrole nitrogens is 1. The summed E-state index contributed by atoms with van der Waals surface area (Å²) in [4.78, 5) is 41.9. The Morgan fingerprint density at radius 2 is 1.74 bits per heavy atom. The molecule has 3 N–H and O–H groups in total. The first-order valence-electron chi connectivity index (χ1n) is 22.0. The number of ether oxygens (including phenoxy) is 2. The number of nitrogens with one attached hydrogen (secondary N) is 3. The maximum Gasteiger partial charge on any atom is 0.296 e. The molecule has 5 aromatic rings. The number of carbonyl (C=O) groups excluding carboxylic acids is 1. The van der Waals surface area contributed by atoms with Crippen LogP contribution in [0.1, 0.15) is 97.7 Å². The normalized spacial score (nSPS) is 20.9. The highest BCUT2D eigenvalue weighted by Gasteiger charge is 2.50. The van der Waals surface area contributed by atoms with E-state index in [0.29, 0.717) is 48.7 Å². The van der Waals surface area contributed by atoms with Crippen molar-refractivity contribution in [2.75, 3.05) is 49.6 Å². The Bertz CT molecular complexity index is 2590. The molecule has 5 aliphatic rings. The van der Waals surface area contributed by atoms with Crippen molar-refractivity contribution < 1.29 is 27.6 Å². The molecule has 5 fully saturated rings. The summed E-state index contributed by atoms with van der Waals surface area (Å²) in [5.74, 6) is 0.547. The van der Waals surface area contributed by atoms with Crippen LogP contribution < -0.4 is 19.7 Å². The third kappa shape index (κ3) is 8.22. The fourth-order valence-electron chi connectivity index (χ4n) is 10.3. The van der Waals surface area contributed by atoms with E-state index in [1.54, 1.807) is 35.5 Å². The lowest BCUT2D eigenvalue weighted by Crippen LogP contribution is -2.54. The Balaban J connectivity index is 0.841. The van der Waals surface area contributed by atoms with E-state index in [1.165, 1.54) is 51.3 Å². The van der Waals surface area contributed by atoms with Crippen LogP contribution >= 0.6 is 0 Å². The van der Waals surface area contributed by atoms with Crippen molar-refractivity contribution in [2.45, 2.75) is 87.2 Å². The lowest BCUT2D eigenvalue weighted by molar-refractivity contribution is -0.384. The van der Waals surface area contributed by atoms with Gasteiger partial charge in [-0.05, 0) is 123 Å². The topological polar surface area (TPSA) is 185 Å². The number of likely N-dealkylation sites (tertiary alicyclic amines) is 1. The Labute approximate surface area is 360 Å². The van der Waals surface area contributed by atoms with E-state index in [1.807, 2.05) is 12.1 Å². The van der Waals surface area contributed by atoms with Crippen molar-refractivity contribution in [3.05, 3.63) is 106 Å². The van der Waals surface area contributed by atoms with E-state index < -0.39 is 31.6 Å². The van der Waals surface area contributed by atoms with Crippen molar-refractivity contribution >= 4 is 44.0 Å². The van der Waals surface area contributed by atoms with Gasteiger partial charge in [0, 0.05) is 68.3 Å². The van der Waals surface area contributed by atoms with Crippen LogP contribution in [0, 0.1) is 21.4 Å². The third-order valence-corrected chi connectivity index (χ3v) is 15.2. The van der Waals surface area contributed by atoms with Gasteiger partial charge in [0.1, 0.15) is 22.8 Å². The number of aromatic amines is 1. The summed E-state index contributed by atoms with van der Waals surface area (Å²) >= 11 is 0. The van der Waals surface area contributed by atoms with Gasteiger partial charge in [-0.3, -0.25) is 19.8 Å². The number of hydrogen-bond acceptors (Lipinski definition) is 12. The van der Waals surface area contributed by atoms with Crippen LogP contribution in [0.4, 0.5) is 17.1 Å². The monoisotopic (exact) mass is 860 g/mol. The van der Waals surface area contributed by atoms with Gasteiger partial charge < -0.3 is 24.7 Å². The minimum absolute atomic E-state index is 0.0329. The highest BCUT2D eigenvalue weighted by Crippen LogP contribution is 2.55. The average Bonchev–Trinajstić information content (AvgIpc) is 3.82. The maximum absolute atomic E-state index is 13.9. The molecule has 0 bridgehead atoms. The molecular weight excluding hydrogens is 809 g/mol. The molecule has 3 saturated heterocycles. The van der Waals surface area contributed by atoms with Crippen LogP contribution in [-0.2, 0) is 14.8 Å². The minimum atomic E-state index is -4.65. The summed E-state index contributed by atoms with van der Waals surface area (Å²) in [5.41, 5.74) is 4.58. The van der Waals surface area contributed by atoms with Gasteiger partial charge >= 0.3 is 0 Å². The van der Waals surface area contributed by atoms with Crippen LogP contribution in [-0.4, -0.2) is 84.5 Å². The van der Waals surface area contributed by atoms with Crippen LogP contribution in [0.5, 0.6) is 11.5 Å². The predicted molar refractivity (Wildman–Crippen MR) is 234 cm³/mol. The number of sulfonamides is 1. The van der Waals surface area contributed by atoms with Crippen molar-refractivity contribution in [1.82, 2.24) is 24.6 Å². The number of amides is 1. The molecule has 1 amide bonds. The number of aromatic nitrogens is 3. The zero-order valence-electron chi connectivity index (χ0n) is 34.6. The Morgan fingerprint density at radius 3 is 2.52 bits per heavy atom. The molecule has 2 aromatic carbocycles. The van der Waals surface area contributed by atoms with E-state index in [9.17, 15) is 23.3 Å². The summed E-state index contributed by atoms with van der Waals surface area (Å²) < 4.78 is 41.1. The smallest absolute Gasteiger partial charge is 0.296 e. The molecule has 10 rings (SSSR count). The van der Waals surface area contributed by atoms with E-state index >= 15 is 0 Å². The minimum Gasteiger partial charge on any atom is -0.455 e. The molecular formula is C46H52N8O7S. The number of nitro groups is 1. The lowest BCUT2D eigenvalue weighted by Gasteiger charge is -2.56. The second-order valence-corrected chi connectivity index (χ2v) is 19.5. The molecule has 2 aliphatic carbocycles. The summed E-state index contributed by atoms with van der Waals surface area (Å²) in [6.45, 7) is 4.56. The number of piperidine rings is 1. The highest BCUT2D eigenvalue weighted by atomic mass is 32.2. The standard InChI is InChI=1S/C46H52N8O7S/c55-45(51-62(58,59)43-24-41(54(56)57)39(29-49-43)48-27-30-12-20-60-21-13-30)38-10-9-33(23-42(38)61-35-22-32-11-16-47-44(32)50-28-35)52-18-14-46(15-19-52)25-34(26-46)53-17-3-6-40(53)37-5-2-1-4-36(37)31-7-8-31/h1-2,4-5,9-11,16,22-24,28-31,34,40,48H,3,6-8,12-15,17-21,25-27H2,(H,47,50)(H,51,55). The van der Waals surface area contributed by atoms with Crippen molar-refractivity contribution in [3.63, 3.8) is 0 Å². The molecule has 16 heteroatoms. The molecule has 3 aromatic heterocycles. The van der Waals surface area contributed by atoms with Crippen LogP contribution in [0.3, 0.4) is 0 Å². The first kappa shape index (κ1) is 40.5. The van der Waals surface area contributed by atoms with Crippen LogP contribution in [0.15, 0.2) is 84.3 Å². The van der Waals surface area contributed by atoms with Gasteiger partial charge in [0.2, 0.25) is 0 Å². The SMILES string of the molecule is O=C(NS(=O)(=O)c1cc([N+](=O)[O-])c(NCC2CCOCC2)cn1)c1ccc(N2CCC3(CC2)CC(N2CCCC2c2ccccc2C2CC2)C3)cc1Oc1cnc2[nH]ccc2c1. The maximum atomic E-state index is 13.9. The number of carbonyl (C=O) groups is 1. The van der Waals surface area contributed by atoms with Gasteiger partial charge in [0.05, 0.1) is 28.9 Å². The molecule has 2 saturated carbocycles. The number of benzene rings is 2. The van der Waals surface area contributed by atoms with Gasteiger partial charge in [-0.1, -0.05) is 24.3 Å². The molecule has 0 radical (unpaired) electrons. The molecule has 6 heterocycles. The number of rotatable bonds is 13. The first-order chi connectivity index (χ1) is 30.1. The molecule has 1 unspecified atom stereocenters. The number of pyridine rings is 2. The van der Waals surface area contributed by atoms with Crippen LogP contribution in [0.25, 0.3) is 11.0 Å². The number of fused-ring (bicyclic) bond motifs is 1. The van der Waals surface area contributed by atoms with Crippen molar-refractivity contribution in [3.8, 4) is 11.5 Å². The largest absolute Gasteiger partial charge is 0.455 e. The predicted octanol–water partition coefficient (Wildman–Crippen LogP) is 8.08. The Morgan fingerprint density at radius 1 is 0.952 bits per heavy atom. The Hall–Kier alpha value is -5.58. The lowest BCUT2D eigenvalue weighted by atomic mass is 9.59. The summed E-state index contributed by atoms with van der Waals surface area (Å²) in [7, 11) is -4.65. The Kier molecular flexibility index (Phi) is 10.8. The molecule has 324 valence electrons. The summed E-state index contributed by atoms with van der Waals surface area (Å²) in [6.07, 6.45) is 15.7. The molecule has 62 heavy (non-hydrogen) atoms. The number of anilines is 2. The zero-order chi connectivity index (χ0) is 42.4. The second-order valence-electron chi connectivity index (χ2n) is 17.9. The molecule has 3 aliphatic heterocycles. The zero-order valence-corrected chi connectivity index (χ0v) is 35.4. The fraction of sp³-hybridized carbons (Fsp3) is 0.457. The van der Waals surface area contributed by atoms with Crippen molar-refractivity contribution in [1.29, 1.82) is 0 Å². The fourth-order valence-corrected chi connectivity index (χ4v) is 11.3. The summed E-state index contributed by atoms with van der Waals surface area (Å²) in [6, 6.07) is 20.0. The molecule has 1 spiro atoms. The quantitative estimate of drug-likeness (QED) is 0.0765. The van der Waals surface area contributed by atoms with Crippen LogP contribution in [0.2, 0.25) is 0 Å². The number of hydrogen-bond donors (Lipinski definition) is 3. The van der Waals surface area contributed by atoms with Gasteiger partial charge in [0.25, 0.3) is 21.6 Å². The summed E-state index contributed by atoms with van der Waals surface area (Å²) in [5, 5.41) is 15.3. The van der Waals surface area contributed by atoms with Crippen molar-refractivity contribution in [2.24, 2.45) is 11.3 Å². The van der Waals surface area contributed by atoms with Gasteiger partial charge in [0.15, 0.2) is 5.03 Å². The van der Waals surface area contributed by atoms with E-state index in [4.69, 9.17) is 9.47 Å². The van der Waals surface area contributed by atoms with E-state index in [0.717, 1.165) is 68.0 Å². The van der Waals surface area contributed by atoms with Gasteiger partial charge in [-0.2, -0.15) is 8.42 Å². The second kappa shape index (κ2) is 16.6. The average molecular weight is 861 g/mol. The molecule has 15 nitrogen and oxygen atoms in total. The highest BCUT2D eigenvalue weighted by molar-refractivity contribution is 7.90. The molecule has 1 atom stereocenters. The van der Waals surface area contributed by atoms with Gasteiger partial charge in [-0.25, -0.2) is 14.7 Å².